The summed E-state index contributed by atoms with van der Waals surface area (Å²) >= 11 is 0. The van der Waals surface area contributed by atoms with Crippen molar-refractivity contribution in [1.29, 1.82) is 0 Å². The third-order valence-electron chi connectivity index (χ3n) is 3.69. The molecule has 18 heavy (non-hydrogen) atoms. The van der Waals surface area contributed by atoms with Crippen molar-refractivity contribution in [2.24, 2.45) is 5.92 Å². The summed E-state index contributed by atoms with van der Waals surface area (Å²) in [6, 6.07) is 3.93. The van der Waals surface area contributed by atoms with E-state index in [1.807, 2.05) is 26.2 Å². The molecule has 1 amide bonds. The van der Waals surface area contributed by atoms with Gasteiger partial charge in [0.2, 0.25) is 5.91 Å². The molecule has 0 bridgehead atoms. The maximum Gasteiger partial charge on any atom is 0.223 e. The van der Waals surface area contributed by atoms with Gasteiger partial charge in [-0.3, -0.25) is 9.69 Å². The molecule has 1 aromatic heterocycles. The van der Waals surface area contributed by atoms with Crippen molar-refractivity contribution in [2.45, 2.75) is 31.7 Å². The summed E-state index contributed by atoms with van der Waals surface area (Å²) in [6.07, 6.45) is 6.13. The van der Waals surface area contributed by atoms with Crippen molar-refractivity contribution in [3.8, 4) is 0 Å². The largest absolute Gasteiger partial charge is 0.468 e. The second-order valence-corrected chi connectivity index (χ2v) is 5.22. The smallest absolute Gasteiger partial charge is 0.223 e. The molecule has 0 saturated heterocycles. The number of rotatable bonds is 5. The Labute approximate surface area is 108 Å². The number of carbonyl (C=O) groups is 1. The van der Waals surface area contributed by atoms with Gasteiger partial charge in [0.25, 0.3) is 0 Å². The van der Waals surface area contributed by atoms with E-state index in [2.05, 4.69) is 10.2 Å². The van der Waals surface area contributed by atoms with Crippen LogP contribution in [0.4, 0.5) is 0 Å². The summed E-state index contributed by atoms with van der Waals surface area (Å²) in [5, 5.41) is 3.05. The van der Waals surface area contributed by atoms with Gasteiger partial charge in [0.15, 0.2) is 0 Å². The van der Waals surface area contributed by atoms with E-state index >= 15 is 0 Å². The minimum Gasteiger partial charge on any atom is -0.468 e. The first kappa shape index (κ1) is 13.1. The lowest BCUT2D eigenvalue weighted by molar-refractivity contribution is -0.125. The van der Waals surface area contributed by atoms with Crippen LogP contribution in [0.3, 0.4) is 0 Å². The van der Waals surface area contributed by atoms with E-state index in [0.717, 1.165) is 18.6 Å². The second-order valence-electron chi connectivity index (χ2n) is 5.22. The molecular formula is C14H22N2O2. The number of amides is 1. The molecule has 1 heterocycles. The van der Waals surface area contributed by atoms with E-state index in [1.54, 1.807) is 6.26 Å². The monoisotopic (exact) mass is 250 g/mol. The van der Waals surface area contributed by atoms with Gasteiger partial charge in [-0.25, -0.2) is 0 Å². The van der Waals surface area contributed by atoms with Crippen LogP contribution in [-0.4, -0.2) is 31.4 Å². The zero-order chi connectivity index (χ0) is 13.0. The van der Waals surface area contributed by atoms with Gasteiger partial charge in [-0.15, -0.1) is 0 Å². The predicted molar refractivity (Wildman–Crippen MR) is 70.1 cm³/mol. The normalized spacial score (nSPS) is 18.2. The molecule has 0 aliphatic heterocycles. The number of carbonyl (C=O) groups excluding carboxylic acids is 1. The van der Waals surface area contributed by atoms with Crippen LogP contribution in [0.5, 0.6) is 0 Å². The fourth-order valence-electron chi connectivity index (χ4n) is 2.55. The topological polar surface area (TPSA) is 45.5 Å². The van der Waals surface area contributed by atoms with Gasteiger partial charge in [-0.2, -0.15) is 0 Å². The van der Waals surface area contributed by atoms with Gasteiger partial charge >= 0.3 is 0 Å². The SMILES string of the molecule is CN(C)C(CNC(=O)C1CCCC1)c1ccco1. The van der Waals surface area contributed by atoms with Gasteiger partial charge in [-0.1, -0.05) is 12.8 Å². The van der Waals surface area contributed by atoms with Crippen LogP contribution in [0.1, 0.15) is 37.5 Å². The third kappa shape index (κ3) is 3.13. The number of nitrogens with one attached hydrogen (secondary N) is 1. The fraction of sp³-hybridized carbons (Fsp3) is 0.643. The average molecular weight is 250 g/mol. The molecule has 1 atom stereocenters. The van der Waals surface area contributed by atoms with Gasteiger partial charge in [0.05, 0.1) is 12.3 Å². The summed E-state index contributed by atoms with van der Waals surface area (Å²) in [5.41, 5.74) is 0. The summed E-state index contributed by atoms with van der Waals surface area (Å²) in [7, 11) is 3.99. The van der Waals surface area contributed by atoms with E-state index in [-0.39, 0.29) is 17.9 Å². The highest BCUT2D eigenvalue weighted by Crippen LogP contribution is 2.25. The van der Waals surface area contributed by atoms with E-state index in [4.69, 9.17) is 4.42 Å². The molecular weight excluding hydrogens is 228 g/mol. The van der Waals surface area contributed by atoms with Crippen LogP contribution in [0.15, 0.2) is 22.8 Å². The predicted octanol–water partition coefficient (Wildman–Crippen LogP) is 2.19. The van der Waals surface area contributed by atoms with Crippen LogP contribution in [0.2, 0.25) is 0 Å². The molecule has 2 rings (SSSR count). The lowest BCUT2D eigenvalue weighted by Crippen LogP contribution is -2.37. The summed E-state index contributed by atoms with van der Waals surface area (Å²) in [4.78, 5) is 14.0. The number of hydrogen-bond acceptors (Lipinski definition) is 3. The van der Waals surface area contributed by atoms with Crippen molar-refractivity contribution in [2.75, 3.05) is 20.6 Å². The van der Waals surface area contributed by atoms with Crippen molar-refractivity contribution < 1.29 is 9.21 Å². The fourth-order valence-corrected chi connectivity index (χ4v) is 2.55. The molecule has 1 unspecified atom stereocenters. The molecule has 100 valence electrons. The highest BCUT2D eigenvalue weighted by atomic mass is 16.3. The zero-order valence-electron chi connectivity index (χ0n) is 11.2. The third-order valence-corrected chi connectivity index (χ3v) is 3.69. The molecule has 1 saturated carbocycles. The molecule has 1 aliphatic carbocycles. The quantitative estimate of drug-likeness (QED) is 0.871. The second kappa shape index (κ2) is 6.05. The molecule has 0 aromatic carbocycles. The number of nitrogens with zero attached hydrogens (tertiary/aromatic N) is 1. The Hall–Kier alpha value is -1.29. The van der Waals surface area contributed by atoms with E-state index in [9.17, 15) is 4.79 Å². The Morgan fingerprint density at radius 3 is 2.78 bits per heavy atom. The molecule has 4 nitrogen and oxygen atoms in total. The first-order valence-electron chi connectivity index (χ1n) is 6.66. The minimum absolute atomic E-state index is 0.102. The first-order chi connectivity index (χ1) is 8.68. The van der Waals surface area contributed by atoms with Gasteiger partial charge < -0.3 is 9.73 Å². The summed E-state index contributed by atoms with van der Waals surface area (Å²) < 4.78 is 5.42. The molecule has 1 aromatic rings. The van der Waals surface area contributed by atoms with Crippen molar-refractivity contribution in [1.82, 2.24) is 10.2 Å². The average Bonchev–Trinajstić information content (AvgIpc) is 3.01. The van der Waals surface area contributed by atoms with E-state index in [0.29, 0.717) is 6.54 Å². The van der Waals surface area contributed by atoms with Crippen molar-refractivity contribution >= 4 is 5.91 Å². The lowest BCUT2D eigenvalue weighted by atomic mass is 10.1. The highest BCUT2D eigenvalue weighted by Gasteiger charge is 2.24. The maximum absolute atomic E-state index is 12.0. The number of hydrogen-bond donors (Lipinski definition) is 1. The summed E-state index contributed by atoms with van der Waals surface area (Å²) in [6.45, 7) is 0.607. The maximum atomic E-state index is 12.0. The van der Waals surface area contributed by atoms with E-state index in [1.165, 1.54) is 12.8 Å². The molecule has 1 fully saturated rings. The Balaban J connectivity index is 1.88. The Kier molecular flexibility index (Phi) is 4.42. The van der Waals surface area contributed by atoms with Crippen LogP contribution in [0, 0.1) is 5.92 Å². The highest BCUT2D eigenvalue weighted by molar-refractivity contribution is 5.78. The Morgan fingerprint density at radius 1 is 1.50 bits per heavy atom. The summed E-state index contributed by atoms with van der Waals surface area (Å²) in [5.74, 6) is 1.32. The number of furan rings is 1. The minimum atomic E-state index is 0.102. The van der Waals surface area contributed by atoms with Gasteiger partial charge in [0.1, 0.15) is 5.76 Å². The standard InChI is InChI=1S/C14H22N2O2/c1-16(2)12(13-8-5-9-18-13)10-15-14(17)11-6-3-4-7-11/h5,8-9,11-12H,3-4,6-7,10H2,1-2H3,(H,15,17). The zero-order valence-corrected chi connectivity index (χ0v) is 11.2. The van der Waals surface area contributed by atoms with Crippen LogP contribution in [-0.2, 0) is 4.79 Å². The van der Waals surface area contributed by atoms with Crippen molar-refractivity contribution in [3.05, 3.63) is 24.2 Å². The molecule has 4 heteroatoms. The van der Waals surface area contributed by atoms with Gasteiger partial charge in [0, 0.05) is 12.5 Å². The molecule has 1 aliphatic rings. The molecule has 0 spiro atoms. The van der Waals surface area contributed by atoms with Gasteiger partial charge in [-0.05, 0) is 39.1 Å². The first-order valence-corrected chi connectivity index (χ1v) is 6.66. The van der Waals surface area contributed by atoms with Crippen LogP contribution < -0.4 is 5.32 Å². The molecule has 1 N–H and O–H groups in total. The van der Waals surface area contributed by atoms with Crippen LogP contribution >= 0.6 is 0 Å². The van der Waals surface area contributed by atoms with Crippen molar-refractivity contribution in [3.63, 3.8) is 0 Å². The van der Waals surface area contributed by atoms with E-state index < -0.39 is 0 Å². The Bertz CT molecular complexity index is 367. The van der Waals surface area contributed by atoms with Crippen LogP contribution in [0.25, 0.3) is 0 Å². The number of likely N-dealkylation sites (N-methyl/N-ethyl adjacent to an activating group) is 1. The molecule has 0 radical (unpaired) electrons. The lowest BCUT2D eigenvalue weighted by Gasteiger charge is -2.23. The Morgan fingerprint density at radius 2 is 2.22 bits per heavy atom.